The number of thiophene rings is 1. The van der Waals surface area contributed by atoms with Gasteiger partial charge in [0, 0.05) is 25.2 Å². The maximum Gasteiger partial charge on any atom is 0.390 e. The first kappa shape index (κ1) is 22.1. The number of fused-ring (bicyclic) bond motifs is 3. The third-order valence-electron chi connectivity index (χ3n) is 6.37. The molecule has 2 aliphatic heterocycles. The topological polar surface area (TPSA) is 84.5 Å². The lowest BCUT2D eigenvalue weighted by atomic mass is 9.99. The van der Waals surface area contributed by atoms with Crippen molar-refractivity contribution in [3.63, 3.8) is 0 Å². The molecule has 4 rings (SSSR count). The monoisotopic (exact) mass is 459 g/mol. The van der Waals surface area contributed by atoms with Crippen molar-refractivity contribution in [3.8, 4) is 0 Å². The van der Waals surface area contributed by atoms with Crippen LogP contribution in [0.1, 0.15) is 54.3 Å². The minimum Gasteiger partial charge on any atom is -0.393 e. The molecule has 1 N–H and O–H groups in total. The van der Waals surface area contributed by atoms with E-state index < -0.39 is 36.5 Å². The van der Waals surface area contributed by atoms with Crippen molar-refractivity contribution in [2.24, 2.45) is 0 Å². The summed E-state index contributed by atoms with van der Waals surface area (Å²) in [7, 11) is 0. The fraction of sp³-hybridized carbons (Fsp3) is 0.650. The Morgan fingerprint density at radius 2 is 1.77 bits per heavy atom. The van der Waals surface area contributed by atoms with Crippen LogP contribution in [0.4, 0.5) is 13.2 Å². The molecule has 1 amide bonds. The molecule has 2 bridgehead atoms. The normalized spacial score (nSPS) is 23.7. The van der Waals surface area contributed by atoms with Crippen LogP contribution in [0, 0.1) is 6.92 Å². The van der Waals surface area contributed by atoms with E-state index in [9.17, 15) is 32.7 Å². The van der Waals surface area contributed by atoms with E-state index in [1.165, 1.54) is 0 Å². The molecule has 2 aromatic heterocycles. The number of alkyl halides is 3. The molecule has 31 heavy (non-hydrogen) atoms. The van der Waals surface area contributed by atoms with E-state index in [0.717, 1.165) is 33.3 Å². The molecule has 0 aromatic carbocycles. The van der Waals surface area contributed by atoms with Crippen LogP contribution in [0.5, 0.6) is 0 Å². The van der Waals surface area contributed by atoms with Gasteiger partial charge in [0.05, 0.1) is 22.8 Å². The van der Waals surface area contributed by atoms with Crippen molar-refractivity contribution in [2.45, 2.75) is 83.4 Å². The maximum atomic E-state index is 13.4. The Hall–Kier alpha value is -2.14. The quantitative estimate of drug-likeness (QED) is 0.762. The largest absolute Gasteiger partial charge is 0.393 e. The summed E-state index contributed by atoms with van der Waals surface area (Å²) in [4.78, 5) is 41.2. The van der Waals surface area contributed by atoms with Crippen LogP contribution in [0.3, 0.4) is 0 Å². The molecule has 11 heteroatoms. The molecule has 0 aliphatic carbocycles. The Balaban J connectivity index is 1.84. The second kappa shape index (κ2) is 7.77. The van der Waals surface area contributed by atoms with E-state index in [4.69, 9.17) is 0 Å². The number of amides is 1. The molecule has 2 aromatic rings. The highest BCUT2D eigenvalue weighted by atomic mass is 32.1. The molecular weight excluding hydrogens is 435 g/mol. The molecule has 2 aliphatic rings. The Kier molecular flexibility index (Phi) is 5.53. The molecule has 7 nitrogen and oxygen atoms in total. The Bertz CT molecular complexity index is 1140. The van der Waals surface area contributed by atoms with Gasteiger partial charge in [-0.3, -0.25) is 18.7 Å². The van der Waals surface area contributed by atoms with E-state index in [0.29, 0.717) is 18.4 Å². The minimum atomic E-state index is -4.46. The summed E-state index contributed by atoms with van der Waals surface area (Å²) < 4.78 is 40.4. The number of carbonyl (C=O) groups excluding carboxylic acids is 1. The van der Waals surface area contributed by atoms with Crippen LogP contribution in [0.25, 0.3) is 10.2 Å². The van der Waals surface area contributed by atoms with E-state index in [1.54, 1.807) is 18.7 Å². The fourth-order valence-electron chi connectivity index (χ4n) is 4.91. The molecule has 0 radical (unpaired) electrons. The van der Waals surface area contributed by atoms with Crippen LogP contribution in [0.15, 0.2) is 9.59 Å². The Morgan fingerprint density at radius 3 is 2.32 bits per heavy atom. The van der Waals surface area contributed by atoms with Gasteiger partial charge < -0.3 is 10.0 Å². The van der Waals surface area contributed by atoms with Gasteiger partial charge in [0.1, 0.15) is 4.83 Å². The number of piperidine rings is 1. The third kappa shape index (κ3) is 3.71. The molecule has 0 spiro atoms. The van der Waals surface area contributed by atoms with E-state index >= 15 is 0 Å². The smallest absolute Gasteiger partial charge is 0.390 e. The summed E-state index contributed by atoms with van der Waals surface area (Å²) in [5, 5.41) is 10.1. The third-order valence-corrected chi connectivity index (χ3v) is 7.67. The second-order valence-electron chi connectivity index (χ2n) is 8.31. The van der Waals surface area contributed by atoms with Crippen LogP contribution in [-0.2, 0) is 13.1 Å². The molecule has 170 valence electrons. The lowest BCUT2D eigenvalue weighted by Crippen LogP contribution is -2.47. The van der Waals surface area contributed by atoms with Crippen molar-refractivity contribution in [2.75, 3.05) is 0 Å². The maximum absolute atomic E-state index is 13.4. The highest BCUT2D eigenvalue weighted by molar-refractivity contribution is 7.20. The lowest BCUT2D eigenvalue weighted by molar-refractivity contribution is -0.136. The first-order valence-electron chi connectivity index (χ1n) is 10.4. The van der Waals surface area contributed by atoms with Crippen LogP contribution >= 0.6 is 11.3 Å². The SMILES string of the molecule is CCn1c(=O)c2c(C)c(C(=O)N3C4CCC3CC(O)C4)sc2n(CCC(F)(F)F)c1=O. The van der Waals surface area contributed by atoms with Gasteiger partial charge in [0.2, 0.25) is 0 Å². The molecule has 4 heterocycles. The summed E-state index contributed by atoms with van der Waals surface area (Å²) in [6, 6.07) is -0.184. The minimum absolute atomic E-state index is 0.0202. The van der Waals surface area contributed by atoms with Gasteiger partial charge in [-0.1, -0.05) is 0 Å². The van der Waals surface area contributed by atoms with Crippen LogP contribution in [-0.4, -0.2) is 49.4 Å². The van der Waals surface area contributed by atoms with Gasteiger partial charge in [-0.25, -0.2) is 4.79 Å². The first-order chi connectivity index (χ1) is 14.5. The zero-order valence-electron chi connectivity index (χ0n) is 17.2. The average Bonchev–Trinajstić information content (AvgIpc) is 3.15. The Morgan fingerprint density at radius 1 is 1.16 bits per heavy atom. The number of hydrogen-bond donors (Lipinski definition) is 1. The van der Waals surface area contributed by atoms with Crippen molar-refractivity contribution in [3.05, 3.63) is 31.3 Å². The predicted molar refractivity (Wildman–Crippen MR) is 110 cm³/mol. The number of aliphatic hydroxyl groups excluding tert-OH is 1. The standard InChI is InChI=1S/C20H24F3N3O4S/c1-3-24-16(28)14-10(2)15(17(29)26-11-4-5-12(26)9-13(27)8-11)31-18(14)25(19(24)30)7-6-20(21,22)23/h11-13,27H,3-9H2,1-2H3. The lowest BCUT2D eigenvalue weighted by Gasteiger charge is -2.37. The van der Waals surface area contributed by atoms with E-state index in [2.05, 4.69) is 0 Å². The summed E-state index contributed by atoms with van der Waals surface area (Å²) in [5.74, 6) is -0.282. The number of rotatable bonds is 4. The zero-order chi connectivity index (χ0) is 22.7. The molecular formula is C20H24F3N3O4S. The summed E-state index contributed by atoms with van der Waals surface area (Å²) in [6.07, 6.45) is -3.56. The molecule has 2 saturated heterocycles. The van der Waals surface area contributed by atoms with E-state index in [-0.39, 0.29) is 39.6 Å². The van der Waals surface area contributed by atoms with Crippen molar-refractivity contribution in [1.82, 2.24) is 14.0 Å². The van der Waals surface area contributed by atoms with Gasteiger partial charge in [0.15, 0.2) is 0 Å². The number of aromatic nitrogens is 2. The molecule has 2 atom stereocenters. The fourth-order valence-corrected chi connectivity index (χ4v) is 6.17. The first-order valence-corrected chi connectivity index (χ1v) is 11.2. The Labute approximate surface area is 179 Å². The number of nitrogens with zero attached hydrogens (tertiary/aromatic N) is 3. The van der Waals surface area contributed by atoms with Gasteiger partial charge in [-0.15, -0.1) is 11.3 Å². The van der Waals surface area contributed by atoms with Gasteiger partial charge in [-0.05, 0) is 45.1 Å². The van der Waals surface area contributed by atoms with Crippen molar-refractivity contribution in [1.29, 1.82) is 0 Å². The number of aliphatic hydroxyl groups is 1. The molecule has 2 unspecified atom stereocenters. The molecule has 2 fully saturated rings. The number of halogens is 3. The predicted octanol–water partition coefficient (Wildman–Crippen LogP) is 2.63. The van der Waals surface area contributed by atoms with Gasteiger partial charge in [0.25, 0.3) is 11.5 Å². The van der Waals surface area contributed by atoms with Crippen LogP contribution < -0.4 is 11.2 Å². The van der Waals surface area contributed by atoms with Crippen molar-refractivity contribution >= 4 is 27.5 Å². The zero-order valence-corrected chi connectivity index (χ0v) is 18.1. The van der Waals surface area contributed by atoms with Gasteiger partial charge in [-0.2, -0.15) is 13.2 Å². The highest BCUT2D eigenvalue weighted by Gasteiger charge is 2.44. The molecule has 0 saturated carbocycles. The summed E-state index contributed by atoms with van der Waals surface area (Å²) >= 11 is 0.912. The van der Waals surface area contributed by atoms with Crippen LogP contribution in [0.2, 0.25) is 0 Å². The van der Waals surface area contributed by atoms with Crippen molar-refractivity contribution < 1.29 is 23.1 Å². The van der Waals surface area contributed by atoms with E-state index in [1.807, 2.05) is 0 Å². The summed E-state index contributed by atoms with van der Waals surface area (Å²) in [6.45, 7) is 2.58. The summed E-state index contributed by atoms with van der Waals surface area (Å²) in [5.41, 5.74) is -0.996. The number of carbonyl (C=O) groups is 1. The van der Waals surface area contributed by atoms with Gasteiger partial charge >= 0.3 is 11.9 Å². The number of hydrogen-bond acceptors (Lipinski definition) is 5. The highest BCUT2D eigenvalue weighted by Crippen LogP contribution is 2.39. The second-order valence-corrected chi connectivity index (χ2v) is 9.31. The average molecular weight is 459 g/mol. The number of aryl methyl sites for hydroxylation is 2.